The monoisotopic (exact) mass is 281 g/mol. The lowest BCUT2D eigenvalue weighted by atomic mass is 10.3. The van der Waals surface area contributed by atoms with E-state index in [1.54, 1.807) is 6.07 Å². The van der Waals surface area contributed by atoms with Gasteiger partial charge in [-0.3, -0.25) is 0 Å². The van der Waals surface area contributed by atoms with E-state index in [1.165, 1.54) is 24.4 Å². The fourth-order valence-corrected chi connectivity index (χ4v) is 1.53. The van der Waals surface area contributed by atoms with Gasteiger partial charge in [-0.05, 0) is 30.3 Å². The van der Waals surface area contributed by atoms with E-state index in [1.807, 2.05) is 0 Å². The van der Waals surface area contributed by atoms with Crippen LogP contribution in [-0.2, 0) is 0 Å². The highest BCUT2D eigenvalue weighted by Gasteiger charge is 2.06. The van der Waals surface area contributed by atoms with Crippen LogP contribution in [0.5, 0.6) is 11.5 Å². The summed E-state index contributed by atoms with van der Waals surface area (Å²) >= 11 is 5.83. The summed E-state index contributed by atoms with van der Waals surface area (Å²) in [5, 5.41) is 11.5. The lowest BCUT2D eigenvalue weighted by Crippen LogP contribution is -2.14. The van der Waals surface area contributed by atoms with E-state index in [0.29, 0.717) is 17.2 Å². The molecule has 0 aliphatic heterocycles. The van der Waals surface area contributed by atoms with E-state index in [2.05, 4.69) is 10.1 Å². The van der Waals surface area contributed by atoms with Gasteiger partial charge in [0.15, 0.2) is 5.84 Å². The molecule has 3 N–H and O–H groups in total. The number of benzene rings is 1. The summed E-state index contributed by atoms with van der Waals surface area (Å²) in [6.45, 7) is 0. The first-order valence-electron chi connectivity index (χ1n) is 5.17. The fourth-order valence-electron chi connectivity index (χ4n) is 1.33. The second kappa shape index (κ2) is 5.53. The van der Waals surface area contributed by atoms with Crippen molar-refractivity contribution in [3.05, 3.63) is 53.1 Å². The van der Waals surface area contributed by atoms with Gasteiger partial charge in [-0.15, -0.1) is 0 Å². The Labute approximate surface area is 113 Å². The van der Waals surface area contributed by atoms with E-state index < -0.39 is 5.82 Å². The number of pyridine rings is 1. The number of nitrogens with zero attached hydrogens (tertiary/aromatic N) is 2. The quantitative estimate of drug-likeness (QED) is 0.392. The third kappa shape index (κ3) is 3.11. The van der Waals surface area contributed by atoms with Gasteiger partial charge in [0.2, 0.25) is 0 Å². The molecule has 0 unspecified atom stereocenters. The van der Waals surface area contributed by atoms with E-state index >= 15 is 0 Å². The molecule has 2 rings (SSSR count). The van der Waals surface area contributed by atoms with Crippen molar-refractivity contribution in [3.8, 4) is 11.5 Å². The van der Waals surface area contributed by atoms with E-state index in [0.717, 1.165) is 6.07 Å². The van der Waals surface area contributed by atoms with Gasteiger partial charge in [0.05, 0.1) is 11.2 Å². The molecule has 0 radical (unpaired) electrons. The standard InChI is InChI=1S/C12H9ClFN3O2/c13-9-5-7(14)1-4-11(9)19-8-2-3-10(16-6-8)12(15)17-18/h1-6,18H,(H2,15,17). The predicted molar refractivity (Wildman–Crippen MR) is 68.2 cm³/mol. The Kier molecular flexibility index (Phi) is 3.82. The lowest BCUT2D eigenvalue weighted by molar-refractivity contribution is 0.318. The molecule has 0 spiro atoms. The van der Waals surface area contributed by atoms with Crippen LogP contribution in [0, 0.1) is 5.82 Å². The number of amidine groups is 1. The Morgan fingerprint density at radius 1 is 1.37 bits per heavy atom. The van der Waals surface area contributed by atoms with E-state index in [4.69, 9.17) is 27.3 Å². The van der Waals surface area contributed by atoms with Crippen molar-refractivity contribution in [2.45, 2.75) is 0 Å². The molecule has 0 aliphatic carbocycles. The summed E-state index contributed by atoms with van der Waals surface area (Å²) in [6.07, 6.45) is 1.38. The van der Waals surface area contributed by atoms with Gasteiger partial charge in [0.25, 0.3) is 0 Å². The Balaban J connectivity index is 2.20. The van der Waals surface area contributed by atoms with Crippen LogP contribution in [0.1, 0.15) is 5.69 Å². The molecule has 7 heteroatoms. The highest BCUT2D eigenvalue weighted by Crippen LogP contribution is 2.29. The van der Waals surface area contributed by atoms with Gasteiger partial charge in [0, 0.05) is 0 Å². The Bertz CT molecular complexity index is 617. The zero-order valence-electron chi connectivity index (χ0n) is 9.55. The molecule has 5 nitrogen and oxygen atoms in total. The van der Waals surface area contributed by atoms with E-state index in [9.17, 15) is 4.39 Å². The number of oxime groups is 1. The summed E-state index contributed by atoms with van der Waals surface area (Å²) in [5.41, 5.74) is 5.68. The number of halogens is 2. The summed E-state index contributed by atoms with van der Waals surface area (Å²) in [6, 6.07) is 6.88. The molecule has 0 saturated carbocycles. The Hall–Kier alpha value is -2.34. The van der Waals surface area contributed by atoms with Gasteiger partial charge < -0.3 is 15.7 Å². The maximum Gasteiger partial charge on any atom is 0.188 e. The van der Waals surface area contributed by atoms with Crippen molar-refractivity contribution in [1.29, 1.82) is 0 Å². The molecule has 0 fully saturated rings. The SMILES string of the molecule is N/C(=N/O)c1ccc(Oc2ccc(F)cc2Cl)cn1. The minimum atomic E-state index is -0.447. The lowest BCUT2D eigenvalue weighted by Gasteiger charge is -2.07. The van der Waals surface area contributed by atoms with Gasteiger partial charge in [0.1, 0.15) is 23.0 Å². The van der Waals surface area contributed by atoms with Crippen molar-refractivity contribution in [2.75, 3.05) is 0 Å². The number of hydrogen-bond donors (Lipinski definition) is 2. The van der Waals surface area contributed by atoms with Gasteiger partial charge in [-0.25, -0.2) is 9.37 Å². The summed E-state index contributed by atoms with van der Waals surface area (Å²) in [4.78, 5) is 3.93. The first-order valence-corrected chi connectivity index (χ1v) is 5.55. The molecule has 19 heavy (non-hydrogen) atoms. The van der Waals surface area contributed by atoms with Crippen LogP contribution >= 0.6 is 11.6 Å². The van der Waals surface area contributed by atoms with Crippen LogP contribution < -0.4 is 10.5 Å². The van der Waals surface area contributed by atoms with Crippen LogP contribution in [0.3, 0.4) is 0 Å². The predicted octanol–water partition coefficient (Wildman–Crippen LogP) is 2.76. The van der Waals surface area contributed by atoms with Crippen molar-refractivity contribution < 1.29 is 14.3 Å². The first-order chi connectivity index (χ1) is 9.10. The van der Waals surface area contributed by atoms with Crippen molar-refractivity contribution in [2.24, 2.45) is 10.9 Å². The molecule has 0 saturated heterocycles. The average molecular weight is 282 g/mol. The topological polar surface area (TPSA) is 80.7 Å². The highest BCUT2D eigenvalue weighted by atomic mass is 35.5. The third-order valence-corrected chi connectivity index (χ3v) is 2.52. The summed E-state index contributed by atoms with van der Waals surface area (Å²) in [5.74, 6) is 0.147. The molecule has 0 atom stereocenters. The molecule has 1 aromatic carbocycles. The Morgan fingerprint density at radius 3 is 2.74 bits per heavy atom. The van der Waals surface area contributed by atoms with Crippen LogP contribution in [0.2, 0.25) is 5.02 Å². The number of aromatic nitrogens is 1. The third-order valence-electron chi connectivity index (χ3n) is 2.23. The largest absolute Gasteiger partial charge is 0.454 e. The smallest absolute Gasteiger partial charge is 0.188 e. The van der Waals surface area contributed by atoms with Crippen molar-refractivity contribution in [3.63, 3.8) is 0 Å². The van der Waals surface area contributed by atoms with Crippen molar-refractivity contribution in [1.82, 2.24) is 4.98 Å². The van der Waals surface area contributed by atoms with Gasteiger partial charge in [-0.1, -0.05) is 16.8 Å². The number of rotatable bonds is 3. The fraction of sp³-hybridized carbons (Fsp3) is 0. The number of hydrogen-bond acceptors (Lipinski definition) is 4. The zero-order chi connectivity index (χ0) is 13.8. The molecular weight excluding hydrogens is 273 g/mol. The molecule has 0 bridgehead atoms. The molecule has 0 aliphatic rings. The Morgan fingerprint density at radius 2 is 2.16 bits per heavy atom. The molecule has 0 amide bonds. The molecule has 1 aromatic heterocycles. The maximum absolute atomic E-state index is 12.9. The molecule has 1 heterocycles. The number of nitrogens with two attached hydrogens (primary N) is 1. The molecular formula is C12H9ClFN3O2. The van der Waals surface area contributed by atoms with Gasteiger partial charge >= 0.3 is 0 Å². The second-order valence-corrected chi connectivity index (χ2v) is 3.95. The zero-order valence-corrected chi connectivity index (χ0v) is 10.3. The summed E-state index contributed by atoms with van der Waals surface area (Å²) in [7, 11) is 0. The second-order valence-electron chi connectivity index (χ2n) is 3.54. The molecule has 2 aromatic rings. The number of ether oxygens (including phenoxy) is 1. The van der Waals surface area contributed by atoms with E-state index in [-0.39, 0.29) is 10.9 Å². The van der Waals surface area contributed by atoms with Crippen LogP contribution in [0.4, 0.5) is 4.39 Å². The van der Waals surface area contributed by atoms with Gasteiger partial charge in [-0.2, -0.15) is 0 Å². The average Bonchev–Trinajstić information content (AvgIpc) is 2.42. The maximum atomic E-state index is 12.9. The van der Waals surface area contributed by atoms with Crippen LogP contribution in [-0.4, -0.2) is 16.0 Å². The van der Waals surface area contributed by atoms with Crippen LogP contribution in [0.25, 0.3) is 0 Å². The highest BCUT2D eigenvalue weighted by molar-refractivity contribution is 6.32. The summed E-state index contributed by atoms with van der Waals surface area (Å²) < 4.78 is 18.3. The normalized spacial score (nSPS) is 11.4. The first kappa shape index (κ1) is 13.1. The minimum Gasteiger partial charge on any atom is -0.454 e. The van der Waals surface area contributed by atoms with Crippen LogP contribution in [0.15, 0.2) is 41.7 Å². The van der Waals surface area contributed by atoms with Crippen molar-refractivity contribution >= 4 is 17.4 Å². The molecule has 98 valence electrons. The minimum absolute atomic E-state index is 0.105.